The molecule has 1 N–H and O–H groups in total. The van der Waals surface area contributed by atoms with E-state index < -0.39 is 0 Å². The number of benzene rings is 1. The van der Waals surface area contributed by atoms with Crippen molar-refractivity contribution in [2.75, 3.05) is 18.6 Å². The topological polar surface area (TPSA) is 24.5 Å². The van der Waals surface area contributed by atoms with Crippen LogP contribution in [-0.2, 0) is 11.3 Å². The quantitative estimate of drug-likeness (QED) is 0.897. The van der Waals surface area contributed by atoms with Gasteiger partial charge in [-0.1, -0.05) is 19.9 Å². The van der Waals surface area contributed by atoms with Crippen molar-refractivity contribution in [3.05, 3.63) is 29.6 Å². The Morgan fingerprint density at radius 1 is 1.45 bits per heavy atom. The lowest BCUT2D eigenvalue weighted by molar-refractivity contribution is 0.118. The van der Waals surface area contributed by atoms with E-state index in [2.05, 4.69) is 19.2 Å². The van der Waals surface area contributed by atoms with E-state index in [-0.39, 0.29) is 18.0 Å². The van der Waals surface area contributed by atoms with Crippen LogP contribution >= 0.6 is 0 Å². The van der Waals surface area contributed by atoms with Gasteiger partial charge in [-0.15, -0.1) is 0 Å². The van der Waals surface area contributed by atoms with Crippen molar-refractivity contribution in [3.63, 3.8) is 0 Å². The van der Waals surface area contributed by atoms with E-state index in [1.807, 2.05) is 31.0 Å². The molecule has 0 bridgehead atoms. The van der Waals surface area contributed by atoms with E-state index in [0.717, 1.165) is 18.6 Å². The number of likely N-dealkylation sites (N-methyl/N-ethyl adjacent to an activating group) is 1. The van der Waals surface area contributed by atoms with Crippen LogP contribution in [0, 0.1) is 5.82 Å². The van der Waals surface area contributed by atoms with E-state index in [9.17, 15) is 4.39 Å². The van der Waals surface area contributed by atoms with E-state index in [4.69, 9.17) is 4.74 Å². The molecule has 1 aliphatic rings. The lowest BCUT2D eigenvalue weighted by atomic mass is 10.1. The Morgan fingerprint density at radius 2 is 2.20 bits per heavy atom. The molecule has 0 aromatic heterocycles. The third-order valence-electron chi connectivity index (χ3n) is 3.94. The van der Waals surface area contributed by atoms with Crippen LogP contribution in [0.5, 0.6) is 0 Å². The monoisotopic (exact) mass is 280 g/mol. The summed E-state index contributed by atoms with van der Waals surface area (Å²) in [5.74, 6) is -0.158. The van der Waals surface area contributed by atoms with Crippen molar-refractivity contribution in [2.24, 2.45) is 0 Å². The smallest absolute Gasteiger partial charge is 0.146 e. The fraction of sp³-hybridized carbons (Fsp3) is 0.625. The van der Waals surface area contributed by atoms with Crippen LogP contribution in [0.25, 0.3) is 0 Å². The van der Waals surface area contributed by atoms with Crippen LogP contribution in [0.15, 0.2) is 18.2 Å². The van der Waals surface area contributed by atoms with Gasteiger partial charge in [0.25, 0.3) is 0 Å². The van der Waals surface area contributed by atoms with Crippen molar-refractivity contribution in [1.29, 1.82) is 0 Å². The van der Waals surface area contributed by atoms with Gasteiger partial charge in [0, 0.05) is 26.2 Å². The number of hydrogen-bond acceptors (Lipinski definition) is 3. The minimum absolute atomic E-state index is 0.154. The molecule has 1 fully saturated rings. The number of nitrogens with one attached hydrogen (secondary N) is 1. The molecule has 1 heterocycles. The Balaban J connectivity index is 2.08. The average molecular weight is 280 g/mol. The minimum Gasteiger partial charge on any atom is -0.376 e. The molecule has 0 aliphatic carbocycles. The molecule has 4 heteroatoms. The summed E-state index contributed by atoms with van der Waals surface area (Å²) in [5, 5.41) is 3.30. The maximum Gasteiger partial charge on any atom is 0.146 e. The van der Waals surface area contributed by atoms with Gasteiger partial charge in [-0.2, -0.15) is 0 Å². The van der Waals surface area contributed by atoms with Gasteiger partial charge in [0.2, 0.25) is 0 Å². The Morgan fingerprint density at radius 3 is 2.75 bits per heavy atom. The SMILES string of the molecule is CC(C)NCc1ccc(N(C)C2CCOC2C)c(F)c1. The predicted molar refractivity (Wildman–Crippen MR) is 80.6 cm³/mol. The van der Waals surface area contributed by atoms with Gasteiger partial charge >= 0.3 is 0 Å². The summed E-state index contributed by atoms with van der Waals surface area (Å²) in [6.07, 6.45) is 1.11. The summed E-state index contributed by atoms with van der Waals surface area (Å²) in [4.78, 5) is 2.01. The van der Waals surface area contributed by atoms with Gasteiger partial charge in [0.15, 0.2) is 0 Å². The van der Waals surface area contributed by atoms with Crippen molar-refractivity contribution in [1.82, 2.24) is 5.32 Å². The Kier molecular flexibility index (Phi) is 5.00. The number of rotatable bonds is 5. The highest BCUT2D eigenvalue weighted by Crippen LogP contribution is 2.27. The van der Waals surface area contributed by atoms with Gasteiger partial charge in [0.1, 0.15) is 5.82 Å². The van der Waals surface area contributed by atoms with Gasteiger partial charge < -0.3 is 15.0 Å². The van der Waals surface area contributed by atoms with Crippen molar-refractivity contribution in [3.8, 4) is 0 Å². The molecule has 0 radical (unpaired) electrons. The first kappa shape index (κ1) is 15.3. The van der Waals surface area contributed by atoms with E-state index >= 15 is 0 Å². The van der Waals surface area contributed by atoms with E-state index in [0.29, 0.717) is 18.3 Å². The summed E-state index contributed by atoms with van der Waals surface area (Å²) in [6, 6.07) is 6.14. The first-order valence-electron chi connectivity index (χ1n) is 7.35. The molecule has 0 saturated carbocycles. The standard InChI is InChI=1S/C16H25FN2O/c1-11(2)18-10-13-5-6-16(14(17)9-13)19(4)15-7-8-20-12(15)3/h5-6,9,11-12,15,18H,7-8,10H2,1-4H3. The summed E-state index contributed by atoms with van der Waals surface area (Å²) in [7, 11) is 1.94. The lowest BCUT2D eigenvalue weighted by Gasteiger charge is -2.29. The summed E-state index contributed by atoms with van der Waals surface area (Å²) in [6.45, 7) is 7.67. The number of ether oxygens (including phenoxy) is 1. The lowest BCUT2D eigenvalue weighted by Crippen LogP contribution is -2.37. The van der Waals surface area contributed by atoms with Crippen LogP contribution in [-0.4, -0.2) is 31.8 Å². The van der Waals surface area contributed by atoms with E-state index in [1.165, 1.54) is 0 Å². The number of hydrogen-bond donors (Lipinski definition) is 1. The zero-order valence-electron chi connectivity index (χ0n) is 12.8. The molecule has 1 aromatic rings. The van der Waals surface area contributed by atoms with Crippen molar-refractivity contribution >= 4 is 5.69 Å². The fourth-order valence-corrected chi connectivity index (χ4v) is 2.68. The Bertz CT molecular complexity index is 450. The summed E-state index contributed by atoms with van der Waals surface area (Å²) >= 11 is 0. The van der Waals surface area contributed by atoms with Crippen LogP contribution in [0.4, 0.5) is 10.1 Å². The largest absolute Gasteiger partial charge is 0.376 e. The van der Waals surface area contributed by atoms with Gasteiger partial charge in [-0.3, -0.25) is 0 Å². The highest BCUT2D eigenvalue weighted by atomic mass is 19.1. The third kappa shape index (κ3) is 3.49. The maximum atomic E-state index is 14.3. The zero-order valence-corrected chi connectivity index (χ0v) is 12.8. The average Bonchev–Trinajstić information content (AvgIpc) is 2.82. The van der Waals surface area contributed by atoms with Crippen molar-refractivity contribution in [2.45, 2.75) is 51.9 Å². The highest BCUT2D eigenvalue weighted by molar-refractivity contribution is 5.49. The molecule has 20 heavy (non-hydrogen) atoms. The van der Waals surface area contributed by atoms with Crippen LogP contribution in [0.3, 0.4) is 0 Å². The highest BCUT2D eigenvalue weighted by Gasteiger charge is 2.29. The number of halogens is 1. The molecule has 0 amide bonds. The first-order chi connectivity index (χ1) is 9.49. The Labute approximate surface area is 121 Å². The molecular weight excluding hydrogens is 255 g/mol. The molecule has 3 nitrogen and oxygen atoms in total. The second kappa shape index (κ2) is 6.55. The number of anilines is 1. The van der Waals surface area contributed by atoms with Gasteiger partial charge in [-0.05, 0) is 31.0 Å². The number of nitrogens with zero attached hydrogens (tertiary/aromatic N) is 1. The molecule has 0 spiro atoms. The van der Waals surface area contributed by atoms with Crippen molar-refractivity contribution < 1.29 is 9.13 Å². The van der Waals surface area contributed by atoms with E-state index in [1.54, 1.807) is 6.07 Å². The zero-order chi connectivity index (χ0) is 14.7. The van der Waals surface area contributed by atoms with Crippen LogP contribution < -0.4 is 10.2 Å². The molecule has 2 rings (SSSR count). The van der Waals surface area contributed by atoms with Crippen LogP contribution in [0.2, 0.25) is 0 Å². The summed E-state index contributed by atoms with van der Waals surface area (Å²) < 4.78 is 19.9. The normalized spacial score (nSPS) is 22.5. The molecule has 1 aliphatic heterocycles. The second-order valence-corrected chi connectivity index (χ2v) is 5.86. The predicted octanol–water partition coefficient (Wildman–Crippen LogP) is 2.94. The molecule has 1 aromatic carbocycles. The molecular formula is C16H25FN2O. The van der Waals surface area contributed by atoms with Gasteiger partial charge in [-0.25, -0.2) is 4.39 Å². The van der Waals surface area contributed by atoms with Crippen LogP contribution in [0.1, 0.15) is 32.8 Å². The summed E-state index contributed by atoms with van der Waals surface area (Å²) in [5.41, 5.74) is 1.63. The molecule has 1 saturated heterocycles. The van der Waals surface area contributed by atoms with Gasteiger partial charge in [0.05, 0.1) is 17.8 Å². The molecule has 2 unspecified atom stereocenters. The molecule has 112 valence electrons. The first-order valence-corrected chi connectivity index (χ1v) is 7.35. The Hall–Kier alpha value is -1.13. The minimum atomic E-state index is -0.158. The second-order valence-electron chi connectivity index (χ2n) is 5.86. The maximum absolute atomic E-state index is 14.3. The molecule has 2 atom stereocenters. The third-order valence-corrected chi connectivity index (χ3v) is 3.94. The fourth-order valence-electron chi connectivity index (χ4n) is 2.68.